The van der Waals surface area contributed by atoms with Crippen LogP contribution in [-0.2, 0) is 6.42 Å². The van der Waals surface area contributed by atoms with Crippen LogP contribution in [0.25, 0.3) is 0 Å². The van der Waals surface area contributed by atoms with E-state index in [1.807, 2.05) is 26.0 Å². The van der Waals surface area contributed by atoms with Crippen LogP contribution in [0.2, 0.25) is 0 Å². The topological polar surface area (TPSA) is 72.7 Å². The Hall–Kier alpha value is -1.10. The highest BCUT2D eigenvalue weighted by atomic mass is 16.3. The molecule has 102 valence electrons. The summed E-state index contributed by atoms with van der Waals surface area (Å²) in [6.45, 7) is 3.79. The second-order valence-corrected chi connectivity index (χ2v) is 4.87. The third kappa shape index (κ3) is 3.98. The number of benzene rings is 1. The smallest absolute Gasteiger partial charge is 0.115 e. The molecule has 18 heavy (non-hydrogen) atoms. The van der Waals surface area contributed by atoms with Gasteiger partial charge in [-0.15, -0.1) is 0 Å². The normalized spacial score (nSPS) is 13.6. The zero-order valence-corrected chi connectivity index (χ0v) is 11.1. The molecule has 0 saturated heterocycles. The minimum atomic E-state index is -0.615. The lowest BCUT2D eigenvalue weighted by Gasteiger charge is -2.33. The van der Waals surface area contributed by atoms with Crippen LogP contribution in [-0.4, -0.2) is 40.1 Å². The molecule has 4 nitrogen and oxygen atoms in total. The van der Waals surface area contributed by atoms with Crippen LogP contribution in [0.4, 0.5) is 0 Å². The Kier molecular flexibility index (Phi) is 5.59. The first-order valence-electron chi connectivity index (χ1n) is 6.32. The van der Waals surface area contributed by atoms with E-state index in [0.717, 1.165) is 12.0 Å². The fourth-order valence-corrected chi connectivity index (χ4v) is 2.03. The molecule has 1 unspecified atom stereocenters. The molecular weight excluding hydrogens is 230 g/mol. The molecule has 0 aliphatic carbocycles. The number of phenols is 1. The van der Waals surface area contributed by atoms with Crippen molar-refractivity contribution in [1.82, 2.24) is 5.32 Å². The standard InChI is InChI=1S/C14H23NO3/c1-3-14(9-16,10-17)15-11(2)8-12-4-6-13(18)7-5-12/h4-7,11,15-18H,3,8-10H2,1-2H3. The van der Waals surface area contributed by atoms with E-state index < -0.39 is 5.54 Å². The molecule has 4 heteroatoms. The van der Waals surface area contributed by atoms with Crippen LogP contribution in [0.15, 0.2) is 24.3 Å². The van der Waals surface area contributed by atoms with Gasteiger partial charge in [-0.1, -0.05) is 19.1 Å². The lowest BCUT2D eigenvalue weighted by Crippen LogP contribution is -2.55. The first-order chi connectivity index (χ1) is 8.55. The van der Waals surface area contributed by atoms with Gasteiger partial charge in [-0.2, -0.15) is 0 Å². The van der Waals surface area contributed by atoms with Crippen LogP contribution < -0.4 is 5.32 Å². The Labute approximate surface area is 108 Å². The summed E-state index contributed by atoms with van der Waals surface area (Å²) in [4.78, 5) is 0. The first kappa shape index (κ1) is 15.0. The van der Waals surface area contributed by atoms with Gasteiger partial charge in [-0.25, -0.2) is 0 Å². The molecule has 1 rings (SSSR count). The first-order valence-corrected chi connectivity index (χ1v) is 6.32. The maximum Gasteiger partial charge on any atom is 0.115 e. The Bertz CT molecular complexity index is 338. The largest absolute Gasteiger partial charge is 0.508 e. The number of hydrogen-bond donors (Lipinski definition) is 4. The Morgan fingerprint density at radius 3 is 2.17 bits per heavy atom. The van der Waals surface area contributed by atoms with E-state index in [-0.39, 0.29) is 25.0 Å². The number of aromatic hydroxyl groups is 1. The van der Waals surface area contributed by atoms with Crippen molar-refractivity contribution in [3.63, 3.8) is 0 Å². The van der Waals surface area contributed by atoms with Gasteiger partial charge in [-0.3, -0.25) is 0 Å². The minimum absolute atomic E-state index is 0.0834. The Morgan fingerprint density at radius 1 is 1.17 bits per heavy atom. The SMILES string of the molecule is CCC(CO)(CO)NC(C)Cc1ccc(O)cc1. The van der Waals surface area contributed by atoms with Crippen molar-refractivity contribution in [3.05, 3.63) is 29.8 Å². The van der Waals surface area contributed by atoms with E-state index in [4.69, 9.17) is 0 Å². The molecule has 0 saturated carbocycles. The van der Waals surface area contributed by atoms with Gasteiger partial charge in [-0.05, 0) is 37.5 Å². The number of phenolic OH excluding ortho intramolecular Hbond substituents is 1. The minimum Gasteiger partial charge on any atom is -0.508 e. The fourth-order valence-electron chi connectivity index (χ4n) is 2.03. The maximum atomic E-state index is 9.37. The molecule has 4 N–H and O–H groups in total. The Morgan fingerprint density at radius 2 is 1.72 bits per heavy atom. The van der Waals surface area contributed by atoms with E-state index in [1.54, 1.807) is 12.1 Å². The van der Waals surface area contributed by atoms with E-state index in [9.17, 15) is 15.3 Å². The van der Waals surface area contributed by atoms with Crippen LogP contribution in [0.3, 0.4) is 0 Å². The molecule has 0 amide bonds. The molecule has 0 heterocycles. The Balaban J connectivity index is 2.60. The molecule has 1 aromatic rings. The van der Waals surface area contributed by atoms with Gasteiger partial charge in [0.1, 0.15) is 5.75 Å². The summed E-state index contributed by atoms with van der Waals surface area (Å²) in [7, 11) is 0. The summed E-state index contributed by atoms with van der Waals surface area (Å²) in [5, 5.41) is 31.2. The highest BCUT2D eigenvalue weighted by molar-refractivity contribution is 5.26. The van der Waals surface area contributed by atoms with E-state index in [2.05, 4.69) is 5.32 Å². The van der Waals surface area contributed by atoms with E-state index in [0.29, 0.717) is 6.42 Å². The summed E-state index contributed by atoms with van der Waals surface area (Å²) in [6.07, 6.45) is 1.45. The lowest BCUT2D eigenvalue weighted by atomic mass is 9.95. The van der Waals surface area contributed by atoms with Crippen molar-refractivity contribution in [2.45, 2.75) is 38.3 Å². The lowest BCUT2D eigenvalue weighted by molar-refractivity contribution is 0.0793. The average molecular weight is 253 g/mol. The molecule has 1 atom stereocenters. The van der Waals surface area contributed by atoms with Crippen molar-refractivity contribution in [2.75, 3.05) is 13.2 Å². The molecule has 0 fully saturated rings. The molecule has 0 aliphatic heterocycles. The van der Waals surface area contributed by atoms with Crippen molar-refractivity contribution in [3.8, 4) is 5.75 Å². The van der Waals surface area contributed by atoms with Crippen LogP contribution in [0, 0.1) is 0 Å². The molecule has 1 aromatic carbocycles. The van der Waals surface area contributed by atoms with Gasteiger partial charge in [0.25, 0.3) is 0 Å². The van der Waals surface area contributed by atoms with Crippen LogP contribution >= 0.6 is 0 Å². The van der Waals surface area contributed by atoms with Crippen LogP contribution in [0.5, 0.6) is 5.75 Å². The fraction of sp³-hybridized carbons (Fsp3) is 0.571. The number of aliphatic hydroxyl groups is 2. The monoisotopic (exact) mass is 253 g/mol. The van der Waals surface area contributed by atoms with Crippen LogP contribution in [0.1, 0.15) is 25.8 Å². The van der Waals surface area contributed by atoms with Crippen molar-refractivity contribution < 1.29 is 15.3 Å². The summed E-state index contributed by atoms with van der Waals surface area (Å²) >= 11 is 0. The number of hydrogen-bond acceptors (Lipinski definition) is 4. The predicted octanol–water partition coefficient (Wildman–Crippen LogP) is 1.05. The maximum absolute atomic E-state index is 9.37. The number of aliphatic hydroxyl groups excluding tert-OH is 2. The van der Waals surface area contributed by atoms with E-state index >= 15 is 0 Å². The van der Waals surface area contributed by atoms with Crippen molar-refractivity contribution in [2.24, 2.45) is 0 Å². The summed E-state index contributed by atoms with van der Waals surface area (Å²) in [6, 6.07) is 7.20. The summed E-state index contributed by atoms with van der Waals surface area (Å²) in [5.41, 5.74) is 0.491. The third-order valence-corrected chi connectivity index (χ3v) is 3.31. The number of nitrogens with one attached hydrogen (secondary N) is 1. The molecule has 0 spiro atoms. The third-order valence-electron chi connectivity index (χ3n) is 3.31. The van der Waals surface area contributed by atoms with Gasteiger partial charge >= 0.3 is 0 Å². The average Bonchev–Trinajstić information content (AvgIpc) is 2.39. The zero-order valence-electron chi connectivity index (χ0n) is 11.1. The van der Waals surface area contributed by atoms with Gasteiger partial charge in [0, 0.05) is 6.04 Å². The van der Waals surface area contributed by atoms with Crippen molar-refractivity contribution in [1.29, 1.82) is 0 Å². The zero-order chi connectivity index (χ0) is 13.6. The van der Waals surface area contributed by atoms with E-state index in [1.165, 1.54) is 0 Å². The van der Waals surface area contributed by atoms with Gasteiger partial charge in [0.2, 0.25) is 0 Å². The van der Waals surface area contributed by atoms with Gasteiger partial charge in [0.15, 0.2) is 0 Å². The summed E-state index contributed by atoms with van der Waals surface area (Å²) < 4.78 is 0. The second-order valence-electron chi connectivity index (χ2n) is 4.87. The quantitative estimate of drug-likeness (QED) is 0.586. The summed E-state index contributed by atoms with van der Waals surface area (Å²) in [5.74, 6) is 0.257. The highest BCUT2D eigenvalue weighted by Gasteiger charge is 2.27. The molecular formula is C14H23NO3. The molecule has 0 bridgehead atoms. The molecule has 0 aromatic heterocycles. The molecule has 0 aliphatic rings. The van der Waals surface area contributed by atoms with Gasteiger partial charge < -0.3 is 20.6 Å². The highest BCUT2D eigenvalue weighted by Crippen LogP contribution is 2.14. The molecule has 0 radical (unpaired) electrons. The van der Waals surface area contributed by atoms with Gasteiger partial charge in [0.05, 0.1) is 18.8 Å². The number of rotatable bonds is 7. The van der Waals surface area contributed by atoms with Crippen molar-refractivity contribution >= 4 is 0 Å². The predicted molar refractivity (Wildman–Crippen MR) is 71.6 cm³/mol. The second kappa shape index (κ2) is 6.73.